The van der Waals surface area contributed by atoms with Crippen LogP contribution in [0.25, 0.3) is 0 Å². The second-order valence-electron chi connectivity index (χ2n) is 13.5. The number of ether oxygens (including phenoxy) is 5. The van der Waals surface area contributed by atoms with E-state index >= 15 is 0 Å². The summed E-state index contributed by atoms with van der Waals surface area (Å²) < 4.78 is 27.1. The summed E-state index contributed by atoms with van der Waals surface area (Å²) in [4.78, 5) is 63.6. The summed E-state index contributed by atoms with van der Waals surface area (Å²) in [6.07, 6.45) is 1.06. The average Bonchev–Trinajstić information content (AvgIpc) is 2.87. The van der Waals surface area contributed by atoms with E-state index in [0.717, 1.165) is 0 Å². The Labute approximate surface area is 259 Å². The maximum Gasteiger partial charge on any atom is 0.410 e. The minimum absolute atomic E-state index is 0.00939. The van der Waals surface area contributed by atoms with Gasteiger partial charge in [0, 0.05) is 25.1 Å². The highest BCUT2D eigenvalue weighted by molar-refractivity contribution is 5.96. The molecule has 2 rings (SSSR count). The van der Waals surface area contributed by atoms with Crippen LogP contribution in [0.15, 0.2) is 18.2 Å². The number of benzene rings is 1. The minimum Gasteiger partial charge on any atom is -0.478 e. The first-order chi connectivity index (χ1) is 20.2. The van der Waals surface area contributed by atoms with Crippen molar-refractivity contribution < 1.29 is 47.7 Å². The van der Waals surface area contributed by atoms with Gasteiger partial charge in [0.05, 0.1) is 0 Å². The zero-order chi connectivity index (χ0) is 33.3. The lowest BCUT2D eigenvalue weighted by Crippen LogP contribution is -2.44. The molecule has 1 aromatic carbocycles. The van der Waals surface area contributed by atoms with Gasteiger partial charge in [-0.15, -0.1) is 0 Å². The third-order valence-corrected chi connectivity index (χ3v) is 5.79. The number of carbonyl (C=O) groups excluding carboxylic acids is 5. The third-order valence-electron chi connectivity index (χ3n) is 5.79. The van der Waals surface area contributed by atoms with Gasteiger partial charge in [-0.2, -0.15) is 0 Å². The number of carbonyl (C=O) groups is 5. The number of likely N-dealkylation sites (tertiary alicyclic amines) is 1. The van der Waals surface area contributed by atoms with Crippen molar-refractivity contribution in [2.45, 2.75) is 98.4 Å². The molecule has 2 N–H and O–H groups in total. The molecule has 0 saturated carbocycles. The molecular formula is C31H47N3O10. The van der Waals surface area contributed by atoms with Crippen LogP contribution in [0.4, 0.5) is 4.79 Å². The standard InChI is InChI=1S/C31H47N3O10/c1-29(2,3)42-25(36)18-40-22-11-10-21(17-23(22)41-19-26(37)43-30(4,5)6)27(38)33-32-24(35)16-20-12-14-34(15-13-20)28(39)44-31(7,8)9/h10-11,17,20H,12-16,18-19H2,1-9H3,(H,32,35)(H,33,38). The highest BCUT2D eigenvalue weighted by Gasteiger charge is 2.28. The Kier molecular flexibility index (Phi) is 12.4. The molecule has 0 aromatic heterocycles. The summed E-state index contributed by atoms with van der Waals surface area (Å²) in [6.45, 7) is 15.8. The van der Waals surface area contributed by atoms with Crippen molar-refractivity contribution in [3.63, 3.8) is 0 Å². The number of piperidine rings is 1. The number of nitrogens with zero attached hydrogens (tertiary/aromatic N) is 1. The molecule has 13 heteroatoms. The van der Waals surface area contributed by atoms with E-state index in [1.54, 1.807) is 46.4 Å². The van der Waals surface area contributed by atoms with E-state index in [-0.39, 0.29) is 41.4 Å². The Morgan fingerprint density at radius 3 is 1.73 bits per heavy atom. The summed E-state index contributed by atoms with van der Waals surface area (Å²) >= 11 is 0. The number of nitrogens with one attached hydrogen (secondary N) is 2. The fourth-order valence-corrected chi connectivity index (χ4v) is 4.05. The first-order valence-corrected chi connectivity index (χ1v) is 14.6. The SMILES string of the molecule is CC(C)(C)OC(=O)COc1ccc(C(=O)NNC(=O)CC2CCN(C(=O)OC(C)(C)C)CC2)cc1OCC(=O)OC(C)(C)C. The molecule has 0 radical (unpaired) electrons. The predicted molar refractivity (Wildman–Crippen MR) is 160 cm³/mol. The van der Waals surface area contributed by atoms with E-state index < -0.39 is 47.9 Å². The van der Waals surface area contributed by atoms with Crippen LogP contribution in [0.5, 0.6) is 11.5 Å². The highest BCUT2D eigenvalue weighted by atomic mass is 16.6. The fraction of sp³-hybridized carbons (Fsp3) is 0.645. The first-order valence-electron chi connectivity index (χ1n) is 14.6. The molecule has 0 atom stereocenters. The van der Waals surface area contributed by atoms with Gasteiger partial charge in [-0.3, -0.25) is 20.4 Å². The molecule has 0 bridgehead atoms. The van der Waals surface area contributed by atoms with Gasteiger partial charge in [0.15, 0.2) is 24.7 Å². The van der Waals surface area contributed by atoms with E-state index in [2.05, 4.69) is 10.9 Å². The van der Waals surface area contributed by atoms with Gasteiger partial charge in [0.2, 0.25) is 5.91 Å². The van der Waals surface area contributed by atoms with Crippen LogP contribution in [-0.2, 0) is 28.6 Å². The normalized spacial score (nSPS) is 14.2. The number of rotatable bonds is 9. The van der Waals surface area contributed by atoms with Crippen LogP contribution in [0.3, 0.4) is 0 Å². The summed E-state index contributed by atoms with van der Waals surface area (Å²) in [5, 5.41) is 0. The molecule has 13 nitrogen and oxygen atoms in total. The minimum atomic E-state index is -0.731. The Morgan fingerprint density at radius 2 is 1.23 bits per heavy atom. The van der Waals surface area contributed by atoms with Gasteiger partial charge in [-0.1, -0.05) is 0 Å². The van der Waals surface area contributed by atoms with E-state index in [4.69, 9.17) is 23.7 Å². The Hall–Kier alpha value is -4.03. The Bertz CT molecular complexity index is 1190. The monoisotopic (exact) mass is 621 g/mol. The van der Waals surface area contributed by atoms with Gasteiger partial charge < -0.3 is 28.6 Å². The smallest absolute Gasteiger partial charge is 0.410 e. The maximum absolute atomic E-state index is 12.8. The molecule has 1 heterocycles. The molecule has 3 amide bonds. The molecule has 1 aromatic rings. The highest BCUT2D eigenvalue weighted by Crippen LogP contribution is 2.29. The topological polar surface area (TPSA) is 159 Å². The van der Waals surface area contributed by atoms with Crippen molar-refractivity contribution in [3.05, 3.63) is 23.8 Å². The summed E-state index contributed by atoms with van der Waals surface area (Å²) in [6, 6.07) is 4.14. The van der Waals surface area contributed by atoms with E-state index in [1.165, 1.54) is 18.2 Å². The molecule has 0 aliphatic carbocycles. The lowest BCUT2D eigenvalue weighted by atomic mass is 9.93. The van der Waals surface area contributed by atoms with Crippen LogP contribution in [0.2, 0.25) is 0 Å². The van der Waals surface area contributed by atoms with Gasteiger partial charge in [0.1, 0.15) is 16.8 Å². The molecule has 1 fully saturated rings. The number of esters is 2. The predicted octanol–water partition coefficient (Wildman–Crippen LogP) is 3.93. The quantitative estimate of drug-likeness (QED) is 0.235. The lowest BCUT2D eigenvalue weighted by molar-refractivity contribution is -0.158. The molecule has 0 spiro atoms. The van der Waals surface area contributed by atoms with E-state index in [1.807, 2.05) is 20.8 Å². The Morgan fingerprint density at radius 1 is 0.727 bits per heavy atom. The maximum atomic E-state index is 12.8. The largest absolute Gasteiger partial charge is 0.478 e. The Balaban J connectivity index is 1.97. The van der Waals surface area contributed by atoms with Crippen molar-refractivity contribution in [3.8, 4) is 11.5 Å². The lowest BCUT2D eigenvalue weighted by Gasteiger charge is -2.33. The zero-order valence-electron chi connectivity index (χ0n) is 27.3. The number of amides is 3. The van der Waals surface area contributed by atoms with Gasteiger partial charge >= 0.3 is 18.0 Å². The van der Waals surface area contributed by atoms with Crippen LogP contribution in [0, 0.1) is 5.92 Å². The van der Waals surface area contributed by atoms with E-state index in [9.17, 15) is 24.0 Å². The van der Waals surface area contributed by atoms with Crippen LogP contribution < -0.4 is 20.3 Å². The van der Waals surface area contributed by atoms with Gasteiger partial charge in [0.25, 0.3) is 5.91 Å². The van der Waals surface area contributed by atoms with Crippen molar-refractivity contribution in [1.82, 2.24) is 15.8 Å². The number of hydrazine groups is 1. The van der Waals surface area contributed by atoms with Crippen LogP contribution in [0.1, 0.15) is 91.9 Å². The third kappa shape index (κ3) is 14.0. The second kappa shape index (κ2) is 15.1. The van der Waals surface area contributed by atoms with Crippen molar-refractivity contribution in [2.24, 2.45) is 5.92 Å². The molecule has 1 aliphatic rings. The van der Waals surface area contributed by atoms with Crippen molar-refractivity contribution in [1.29, 1.82) is 0 Å². The van der Waals surface area contributed by atoms with Crippen LogP contribution >= 0.6 is 0 Å². The second-order valence-corrected chi connectivity index (χ2v) is 13.5. The summed E-state index contributed by atoms with van der Waals surface area (Å²) in [5.41, 5.74) is 2.87. The number of hydrogen-bond donors (Lipinski definition) is 2. The summed E-state index contributed by atoms with van der Waals surface area (Å²) in [5.74, 6) is -2.13. The number of hydrogen-bond acceptors (Lipinski definition) is 10. The van der Waals surface area contributed by atoms with Crippen molar-refractivity contribution >= 4 is 29.8 Å². The van der Waals surface area contributed by atoms with Crippen molar-refractivity contribution in [2.75, 3.05) is 26.3 Å². The average molecular weight is 622 g/mol. The van der Waals surface area contributed by atoms with Crippen LogP contribution in [-0.4, -0.2) is 77.9 Å². The molecule has 1 aliphatic heterocycles. The molecular weight excluding hydrogens is 574 g/mol. The van der Waals surface area contributed by atoms with Gasteiger partial charge in [-0.25, -0.2) is 14.4 Å². The molecule has 246 valence electrons. The first kappa shape index (κ1) is 36.2. The zero-order valence-corrected chi connectivity index (χ0v) is 27.3. The molecule has 44 heavy (non-hydrogen) atoms. The van der Waals surface area contributed by atoms with Gasteiger partial charge in [-0.05, 0) is 99.3 Å². The fourth-order valence-electron chi connectivity index (χ4n) is 4.05. The summed E-state index contributed by atoms with van der Waals surface area (Å²) in [7, 11) is 0. The molecule has 1 saturated heterocycles. The van der Waals surface area contributed by atoms with E-state index in [0.29, 0.717) is 25.9 Å². The molecule has 0 unspecified atom stereocenters.